The number of aryl methyl sites for hydroxylation is 1. The maximum Gasteiger partial charge on any atom is 0.125 e. The van der Waals surface area contributed by atoms with Crippen molar-refractivity contribution in [2.24, 2.45) is 0 Å². The number of nitrogens with zero attached hydrogens (tertiary/aromatic N) is 1. The molecule has 5 heteroatoms. The Labute approximate surface area is 127 Å². The molecule has 0 fully saturated rings. The number of fused-ring (bicyclic) bond motifs is 1. The van der Waals surface area contributed by atoms with Crippen LogP contribution < -0.4 is 10.1 Å². The van der Waals surface area contributed by atoms with Gasteiger partial charge < -0.3 is 10.1 Å². The van der Waals surface area contributed by atoms with Crippen molar-refractivity contribution < 1.29 is 4.74 Å². The van der Waals surface area contributed by atoms with Gasteiger partial charge in [-0.05, 0) is 43.7 Å². The molecule has 0 saturated carbocycles. The zero-order valence-electron chi connectivity index (χ0n) is 11.6. The fourth-order valence-electron chi connectivity index (χ4n) is 2.61. The van der Waals surface area contributed by atoms with E-state index < -0.39 is 0 Å². The summed E-state index contributed by atoms with van der Waals surface area (Å²) in [6.45, 7) is 2.78. The molecule has 0 bridgehead atoms. The summed E-state index contributed by atoms with van der Waals surface area (Å²) in [4.78, 5) is 4.58. The molecule has 0 saturated heterocycles. The quantitative estimate of drug-likeness (QED) is 0.938. The summed E-state index contributed by atoms with van der Waals surface area (Å²) in [5, 5.41) is 7.33. The topological polar surface area (TPSA) is 34.1 Å². The summed E-state index contributed by atoms with van der Waals surface area (Å²) in [7, 11) is 1.96. The third-order valence-electron chi connectivity index (χ3n) is 3.59. The van der Waals surface area contributed by atoms with E-state index in [9.17, 15) is 0 Å². The minimum Gasteiger partial charge on any atom is -0.493 e. The van der Waals surface area contributed by atoms with Crippen LogP contribution in [-0.2, 0) is 12.8 Å². The van der Waals surface area contributed by atoms with Gasteiger partial charge >= 0.3 is 0 Å². The Hall–Kier alpha value is -1.10. The molecule has 20 heavy (non-hydrogen) atoms. The molecule has 0 radical (unpaired) electrons. The molecule has 1 atom stereocenters. The van der Waals surface area contributed by atoms with Crippen LogP contribution >= 0.6 is 22.9 Å². The van der Waals surface area contributed by atoms with E-state index in [0.29, 0.717) is 0 Å². The van der Waals surface area contributed by atoms with Gasteiger partial charge in [-0.1, -0.05) is 11.6 Å². The number of halogens is 1. The van der Waals surface area contributed by atoms with Gasteiger partial charge in [-0.3, -0.25) is 0 Å². The molecule has 1 aliphatic rings. The first-order valence-corrected chi connectivity index (χ1v) is 7.96. The molecule has 0 spiro atoms. The first kappa shape index (κ1) is 13.9. The van der Waals surface area contributed by atoms with E-state index in [1.165, 1.54) is 5.56 Å². The van der Waals surface area contributed by atoms with Gasteiger partial charge in [0.25, 0.3) is 0 Å². The molecule has 2 aromatic rings. The molecule has 2 heterocycles. The molecular weight excluding hydrogens is 292 g/mol. The number of likely N-dealkylation sites (N-methyl/N-ethyl adjacent to an activating group) is 1. The van der Waals surface area contributed by atoms with Crippen LogP contribution in [0.2, 0.25) is 5.02 Å². The van der Waals surface area contributed by atoms with E-state index in [2.05, 4.69) is 15.7 Å². The summed E-state index contributed by atoms with van der Waals surface area (Å²) in [5.41, 5.74) is 3.47. The van der Waals surface area contributed by atoms with E-state index in [-0.39, 0.29) is 6.04 Å². The Morgan fingerprint density at radius 1 is 1.50 bits per heavy atom. The van der Waals surface area contributed by atoms with E-state index in [4.69, 9.17) is 16.3 Å². The van der Waals surface area contributed by atoms with Gasteiger partial charge in [-0.25, -0.2) is 4.98 Å². The molecule has 3 nitrogen and oxygen atoms in total. The van der Waals surface area contributed by atoms with Gasteiger partial charge in [-0.15, -0.1) is 11.3 Å². The van der Waals surface area contributed by atoms with Crippen LogP contribution in [0, 0.1) is 6.92 Å². The van der Waals surface area contributed by atoms with Crippen molar-refractivity contribution in [2.45, 2.75) is 25.8 Å². The lowest BCUT2D eigenvalue weighted by Crippen LogP contribution is -2.19. The normalized spacial score (nSPS) is 14.9. The Balaban J connectivity index is 1.90. The summed E-state index contributed by atoms with van der Waals surface area (Å²) < 4.78 is 5.77. The van der Waals surface area contributed by atoms with Gasteiger partial charge in [-0.2, -0.15) is 0 Å². The molecule has 3 rings (SSSR count). The largest absolute Gasteiger partial charge is 0.493 e. The highest BCUT2D eigenvalue weighted by molar-refractivity contribution is 7.09. The molecule has 0 amide bonds. The van der Waals surface area contributed by atoms with Crippen LogP contribution in [0.15, 0.2) is 17.5 Å². The summed E-state index contributed by atoms with van der Waals surface area (Å²) in [5.74, 6) is 1.02. The molecule has 1 aromatic carbocycles. The SMILES string of the molecule is CNC(Cc1cc(Cl)cc2c1OCC2)c1csc(C)n1. The predicted octanol–water partition coefficient (Wildman–Crippen LogP) is 3.54. The zero-order valence-corrected chi connectivity index (χ0v) is 13.1. The van der Waals surface area contributed by atoms with Gasteiger partial charge in [0, 0.05) is 16.8 Å². The van der Waals surface area contributed by atoms with Gasteiger partial charge in [0.1, 0.15) is 5.75 Å². The van der Waals surface area contributed by atoms with Crippen molar-refractivity contribution in [3.05, 3.63) is 44.4 Å². The molecule has 1 aliphatic heterocycles. The van der Waals surface area contributed by atoms with Crippen molar-refractivity contribution in [1.82, 2.24) is 10.3 Å². The smallest absolute Gasteiger partial charge is 0.125 e. The average Bonchev–Trinajstić information content (AvgIpc) is 3.04. The van der Waals surface area contributed by atoms with Crippen LogP contribution in [0.4, 0.5) is 0 Å². The summed E-state index contributed by atoms with van der Waals surface area (Å²) >= 11 is 7.89. The first-order valence-electron chi connectivity index (χ1n) is 6.70. The van der Waals surface area contributed by atoms with Crippen molar-refractivity contribution >= 4 is 22.9 Å². The number of thiazole rings is 1. The lowest BCUT2D eigenvalue weighted by atomic mass is 10.0. The molecule has 1 unspecified atom stereocenters. The second-order valence-corrected chi connectivity index (χ2v) is 6.49. The van der Waals surface area contributed by atoms with Crippen molar-refractivity contribution in [1.29, 1.82) is 0 Å². The van der Waals surface area contributed by atoms with Gasteiger partial charge in [0.15, 0.2) is 0 Å². The molecule has 1 aromatic heterocycles. The zero-order chi connectivity index (χ0) is 14.1. The Kier molecular flexibility index (Phi) is 3.96. The maximum atomic E-state index is 6.22. The van der Waals surface area contributed by atoms with Crippen LogP contribution in [0.25, 0.3) is 0 Å². The number of ether oxygens (including phenoxy) is 1. The highest BCUT2D eigenvalue weighted by Gasteiger charge is 2.21. The number of nitrogens with one attached hydrogen (secondary N) is 1. The molecular formula is C15H17ClN2OS. The number of hydrogen-bond acceptors (Lipinski definition) is 4. The maximum absolute atomic E-state index is 6.22. The Bertz CT molecular complexity index is 626. The number of aromatic nitrogens is 1. The van der Waals surface area contributed by atoms with Crippen molar-refractivity contribution in [3.8, 4) is 5.75 Å². The van der Waals surface area contributed by atoms with E-state index in [1.807, 2.05) is 26.1 Å². The monoisotopic (exact) mass is 308 g/mol. The number of rotatable bonds is 4. The summed E-state index contributed by atoms with van der Waals surface area (Å²) in [6.07, 6.45) is 1.78. The molecule has 1 N–H and O–H groups in total. The molecule has 0 aliphatic carbocycles. The summed E-state index contributed by atoms with van der Waals surface area (Å²) in [6, 6.07) is 4.20. The predicted molar refractivity (Wildman–Crippen MR) is 83.0 cm³/mol. The first-order chi connectivity index (χ1) is 9.67. The fraction of sp³-hybridized carbons (Fsp3) is 0.400. The van der Waals surface area contributed by atoms with E-state index in [1.54, 1.807) is 11.3 Å². The standard InChI is InChI=1S/C15H17ClN2OS/c1-9-18-14(8-20-9)13(17-2)7-11-6-12(16)5-10-3-4-19-15(10)11/h5-6,8,13,17H,3-4,7H2,1-2H3. The lowest BCUT2D eigenvalue weighted by molar-refractivity contribution is 0.352. The highest BCUT2D eigenvalue weighted by atomic mass is 35.5. The number of hydrogen-bond donors (Lipinski definition) is 1. The lowest BCUT2D eigenvalue weighted by Gasteiger charge is -2.16. The molecule has 106 valence electrons. The van der Waals surface area contributed by atoms with Gasteiger partial charge in [0.05, 0.1) is 23.4 Å². The number of benzene rings is 1. The van der Waals surface area contributed by atoms with E-state index in [0.717, 1.165) is 46.5 Å². The Morgan fingerprint density at radius 3 is 3.05 bits per heavy atom. The minimum absolute atomic E-state index is 0.187. The third kappa shape index (κ3) is 2.68. The van der Waals surface area contributed by atoms with Crippen molar-refractivity contribution in [3.63, 3.8) is 0 Å². The fourth-order valence-corrected chi connectivity index (χ4v) is 3.54. The minimum atomic E-state index is 0.187. The van der Waals surface area contributed by atoms with Crippen LogP contribution in [-0.4, -0.2) is 18.6 Å². The Morgan fingerprint density at radius 2 is 2.35 bits per heavy atom. The third-order valence-corrected chi connectivity index (χ3v) is 4.60. The van der Waals surface area contributed by atoms with Crippen LogP contribution in [0.5, 0.6) is 5.75 Å². The highest BCUT2D eigenvalue weighted by Crippen LogP contribution is 2.35. The second-order valence-electron chi connectivity index (χ2n) is 4.99. The second kappa shape index (κ2) is 5.72. The van der Waals surface area contributed by atoms with Crippen LogP contribution in [0.1, 0.15) is 27.9 Å². The van der Waals surface area contributed by atoms with Crippen molar-refractivity contribution in [2.75, 3.05) is 13.7 Å². The van der Waals surface area contributed by atoms with Crippen LogP contribution in [0.3, 0.4) is 0 Å². The van der Waals surface area contributed by atoms with E-state index >= 15 is 0 Å². The van der Waals surface area contributed by atoms with Gasteiger partial charge in [0.2, 0.25) is 0 Å². The average molecular weight is 309 g/mol.